The van der Waals surface area contributed by atoms with Crippen LogP contribution in [0.25, 0.3) is 65.9 Å². The second kappa shape index (κ2) is 10.0. The molecule has 0 aliphatic rings. The van der Waals surface area contributed by atoms with Gasteiger partial charge in [-0.3, -0.25) is 9.97 Å². The fourth-order valence-corrected chi connectivity index (χ4v) is 6.36. The zero-order valence-corrected chi connectivity index (χ0v) is 26.2. The molecule has 0 N–H and O–H groups in total. The van der Waals surface area contributed by atoms with E-state index >= 15 is 0 Å². The monoisotopic (exact) mass is 747 g/mol. The summed E-state index contributed by atoms with van der Waals surface area (Å²) < 4.78 is 10.8. The molecule has 0 aliphatic carbocycles. The summed E-state index contributed by atoms with van der Waals surface area (Å²) in [5.74, 6) is 1.22. The van der Waals surface area contributed by atoms with Gasteiger partial charge >= 0.3 is 21.1 Å². The molecule has 0 amide bonds. The van der Waals surface area contributed by atoms with Gasteiger partial charge in [0.05, 0.1) is 17.0 Å². The molecule has 0 bridgehead atoms. The van der Waals surface area contributed by atoms with E-state index < -0.39 is 0 Å². The van der Waals surface area contributed by atoms with Crippen LogP contribution in [-0.2, 0) is 21.1 Å². The van der Waals surface area contributed by atoms with Gasteiger partial charge in [0.2, 0.25) is 0 Å². The third-order valence-corrected chi connectivity index (χ3v) is 8.51. The molecular formula is C38H24N4OPt. The van der Waals surface area contributed by atoms with E-state index in [9.17, 15) is 0 Å². The first-order valence-electron chi connectivity index (χ1n) is 14.4. The fourth-order valence-electron chi connectivity index (χ4n) is 6.36. The number of hydrogen-bond acceptors (Lipinski definition) is 3. The molecular weight excluding hydrogens is 724 g/mol. The Bertz CT molecular complexity index is 2570. The summed E-state index contributed by atoms with van der Waals surface area (Å²) in [5.41, 5.74) is 8.09. The maximum atomic E-state index is 6.46. The number of rotatable bonds is 3. The van der Waals surface area contributed by atoms with Crippen LogP contribution < -0.4 is 4.74 Å². The van der Waals surface area contributed by atoms with E-state index in [1.807, 2.05) is 30.3 Å². The summed E-state index contributed by atoms with van der Waals surface area (Å²) in [7, 11) is 0. The number of pyridine rings is 2. The van der Waals surface area contributed by atoms with E-state index in [4.69, 9.17) is 14.7 Å². The van der Waals surface area contributed by atoms with Crippen LogP contribution in [-0.4, -0.2) is 18.8 Å². The molecule has 4 heterocycles. The number of imidazole rings is 2. The summed E-state index contributed by atoms with van der Waals surface area (Å²) in [6.45, 7) is 4.16. The van der Waals surface area contributed by atoms with Crippen molar-refractivity contribution in [1.29, 1.82) is 0 Å². The number of para-hydroxylation sites is 2. The van der Waals surface area contributed by atoms with Crippen molar-refractivity contribution in [1.82, 2.24) is 18.8 Å². The van der Waals surface area contributed by atoms with Gasteiger partial charge in [0.15, 0.2) is 0 Å². The Morgan fingerprint density at radius 1 is 0.591 bits per heavy atom. The van der Waals surface area contributed by atoms with Crippen molar-refractivity contribution in [2.75, 3.05) is 0 Å². The maximum absolute atomic E-state index is 6.46. The van der Waals surface area contributed by atoms with Crippen molar-refractivity contribution < 1.29 is 25.8 Å². The van der Waals surface area contributed by atoms with Crippen molar-refractivity contribution in [3.63, 3.8) is 0 Å². The van der Waals surface area contributed by atoms with Gasteiger partial charge in [0.1, 0.15) is 0 Å². The van der Waals surface area contributed by atoms with Crippen LogP contribution in [0.2, 0.25) is 0 Å². The van der Waals surface area contributed by atoms with Gasteiger partial charge in [-0.25, -0.2) is 0 Å². The minimum Gasteiger partial charge on any atom is -0.497 e. The number of nitrogens with zero attached hydrogens (tertiary/aromatic N) is 4. The quantitative estimate of drug-likeness (QED) is 0.134. The normalized spacial score (nSPS) is 11.7. The third-order valence-electron chi connectivity index (χ3n) is 8.51. The molecule has 212 valence electrons. The number of hydrogen-bond donors (Lipinski definition) is 0. The molecule has 9 rings (SSSR count). The van der Waals surface area contributed by atoms with Crippen molar-refractivity contribution in [2.45, 2.75) is 13.8 Å². The molecule has 0 spiro atoms. The Morgan fingerprint density at radius 2 is 1.18 bits per heavy atom. The Labute approximate surface area is 267 Å². The summed E-state index contributed by atoms with van der Waals surface area (Å²) in [6, 6.07) is 42.4. The third kappa shape index (κ3) is 3.89. The van der Waals surface area contributed by atoms with Gasteiger partial charge in [-0.15, -0.1) is 12.1 Å². The Balaban J connectivity index is 0.00000289. The molecule has 5 aromatic carbocycles. The van der Waals surface area contributed by atoms with Crippen molar-refractivity contribution in [2.24, 2.45) is 0 Å². The van der Waals surface area contributed by atoms with Gasteiger partial charge in [-0.05, 0) is 36.8 Å². The SMILES string of the molecule is Cc1nc2c3[c-]c(Oc4[c-]c5c(cc4)c4ccccc4n4cc(-c6ccccc6)nc54)ccc3c3ccccc3n2c1C.[Pt+2]. The molecule has 0 aliphatic heterocycles. The molecule has 0 saturated heterocycles. The van der Waals surface area contributed by atoms with Crippen LogP contribution in [0.15, 0.2) is 109 Å². The van der Waals surface area contributed by atoms with E-state index in [1.54, 1.807) is 0 Å². The maximum Gasteiger partial charge on any atom is 2.00 e. The zero-order valence-electron chi connectivity index (χ0n) is 23.9. The second-order valence-corrected chi connectivity index (χ2v) is 11.0. The summed E-state index contributed by atoms with van der Waals surface area (Å²) >= 11 is 0. The van der Waals surface area contributed by atoms with Crippen LogP contribution >= 0.6 is 0 Å². The second-order valence-electron chi connectivity index (χ2n) is 11.0. The van der Waals surface area contributed by atoms with Crippen molar-refractivity contribution in [3.05, 3.63) is 133 Å². The van der Waals surface area contributed by atoms with Crippen molar-refractivity contribution in [3.8, 4) is 22.8 Å². The summed E-state index contributed by atoms with van der Waals surface area (Å²) in [6.07, 6.45) is 2.11. The Kier molecular flexibility index (Phi) is 6.07. The molecule has 0 saturated carbocycles. The summed E-state index contributed by atoms with van der Waals surface area (Å²) in [5, 5.41) is 6.32. The largest absolute Gasteiger partial charge is 2.00 e. The first-order valence-corrected chi connectivity index (χ1v) is 14.4. The molecule has 5 nitrogen and oxygen atoms in total. The van der Waals surface area contributed by atoms with Gasteiger partial charge in [0.25, 0.3) is 0 Å². The molecule has 0 radical (unpaired) electrons. The minimum absolute atomic E-state index is 0. The van der Waals surface area contributed by atoms with E-state index in [2.05, 4.69) is 114 Å². The van der Waals surface area contributed by atoms with Crippen LogP contribution in [0.1, 0.15) is 11.4 Å². The van der Waals surface area contributed by atoms with Crippen LogP contribution in [0.5, 0.6) is 11.5 Å². The number of aromatic nitrogens is 4. The molecule has 44 heavy (non-hydrogen) atoms. The first-order chi connectivity index (χ1) is 21.1. The minimum atomic E-state index is 0. The zero-order chi connectivity index (χ0) is 28.7. The van der Waals surface area contributed by atoms with Gasteiger partial charge in [-0.2, -0.15) is 0 Å². The van der Waals surface area contributed by atoms with E-state index in [-0.39, 0.29) is 21.1 Å². The van der Waals surface area contributed by atoms with Crippen LogP contribution in [0.4, 0.5) is 0 Å². The number of ether oxygens (including phenoxy) is 1. The molecule has 0 atom stereocenters. The van der Waals surface area contributed by atoms with Crippen LogP contribution in [0, 0.1) is 26.0 Å². The number of fused-ring (bicyclic) bond motifs is 12. The predicted octanol–water partition coefficient (Wildman–Crippen LogP) is 9.27. The smallest absolute Gasteiger partial charge is 0.497 e. The van der Waals surface area contributed by atoms with E-state index in [0.29, 0.717) is 11.5 Å². The van der Waals surface area contributed by atoms with Crippen molar-refractivity contribution >= 4 is 54.6 Å². The molecule has 9 aromatic rings. The summed E-state index contributed by atoms with van der Waals surface area (Å²) in [4.78, 5) is 10.0. The Morgan fingerprint density at radius 3 is 1.89 bits per heavy atom. The topological polar surface area (TPSA) is 43.8 Å². The molecule has 0 fully saturated rings. The molecule has 6 heteroatoms. The van der Waals surface area contributed by atoms with Gasteiger partial charge < -0.3 is 13.5 Å². The standard InChI is InChI=1S/C38H24N4O.Pt/c1-23-24(2)42-36-15-9-7-13-31(36)29-19-17-27(21-33(29)38(42)39-23)43-26-16-18-28-30-12-6-8-14-35(30)41-22-34(25-10-4-3-5-11-25)40-37(41)32(28)20-26;/h3-19,22H,1-2H3;/q-2;+2. The molecule has 4 aromatic heterocycles. The van der Waals surface area contributed by atoms with Gasteiger partial charge in [0, 0.05) is 45.7 Å². The van der Waals surface area contributed by atoms with E-state index in [1.165, 1.54) is 0 Å². The molecule has 0 unspecified atom stereocenters. The number of aryl methyl sites for hydroxylation is 2. The fraction of sp³-hybridized carbons (Fsp3) is 0.0526. The van der Waals surface area contributed by atoms with Crippen LogP contribution in [0.3, 0.4) is 0 Å². The Hall–Kier alpha value is -4.99. The average Bonchev–Trinajstić information content (AvgIpc) is 3.64. The number of benzene rings is 5. The first kappa shape index (κ1) is 26.6. The van der Waals surface area contributed by atoms with E-state index in [0.717, 1.165) is 77.3 Å². The predicted molar refractivity (Wildman–Crippen MR) is 173 cm³/mol. The average molecular weight is 748 g/mol. The van der Waals surface area contributed by atoms with Gasteiger partial charge in [-0.1, -0.05) is 113 Å².